The van der Waals surface area contributed by atoms with E-state index < -0.39 is 0 Å². The summed E-state index contributed by atoms with van der Waals surface area (Å²) < 4.78 is 2.45. The Morgan fingerprint density at radius 3 is 1.40 bits per heavy atom. The Bertz CT molecular complexity index is 3230. The number of rotatable bonds is 5. The van der Waals surface area contributed by atoms with E-state index in [1.165, 1.54) is 99.6 Å². The topological polar surface area (TPSA) is 8.17 Å². The summed E-state index contributed by atoms with van der Waals surface area (Å²) in [5.41, 5.74) is 19.8. The summed E-state index contributed by atoms with van der Waals surface area (Å²) in [6, 6.07) is 72.5. The summed E-state index contributed by atoms with van der Waals surface area (Å²) >= 11 is 0. The van der Waals surface area contributed by atoms with E-state index in [1.54, 1.807) is 0 Å². The normalized spacial score (nSPS) is 14.3. The predicted molar refractivity (Wildman–Crippen MR) is 254 cm³/mol. The van der Waals surface area contributed by atoms with Crippen LogP contribution in [0.3, 0.4) is 0 Å². The second-order valence-electron chi connectivity index (χ2n) is 17.7. The molecule has 2 aliphatic carbocycles. The standard InChI is InChI=1S/C58H44N2/c1-57(2)46-26-11-7-23-43(46)55-48(57)28-16-32-53(55)60(54-33-17-29-49-56(54)44-24-8-12-27-47(44)58(49,3)4)52-35-34-38(36-45(52)40-25-15-19-37-18-5-6-20-39(37)40)59-50-30-13-9-21-41(50)42-22-10-14-31-51(42)59/h5-36H,1-4H3. The lowest BCUT2D eigenvalue weighted by atomic mass is 9.82. The van der Waals surface area contributed by atoms with Gasteiger partial charge in [0.2, 0.25) is 0 Å². The highest BCUT2D eigenvalue weighted by molar-refractivity contribution is 6.10. The number of aromatic nitrogens is 1. The largest absolute Gasteiger partial charge is 0.309 e. The fourth-order valence-electron chi connectivity index (χ4n) is 11.0. The van der Waals surface area contributed by atoms with Gasteiger partial charge < -0.3 is 9.47 Å². The minimum atomic E-state index is -0.153. The van der Waals surface area contributed by atoms with Crippen LogP contribution in [0.1, 0.15) is 49.9 Å². The van der Waals surface area contributed by atoms with Gasteiger partial charge in [0.25, 0.3) is 0 Å². The number of nitrogens with zero attached hydrogens (tertiary/aromatic N) is 2. The van der Waals surface area contributed by atoms with Crippen LogP contribution in [0, 0.1) is 0 Å². The number of para-hydroxylation sites is 2. The van der Waals surface area contributed by atoms with Crippen molar-refractivity contribution in [3.8, 4) is 39.1 Å². The van der Waals surface area contributed by atoms with E-state index >= 15 is 0 Å². The van der Waals surface area contributed by atoms with Gasteiger partial charge in [-0.1, -0.05) is 179 Å². The molecule has 0 aliphatic heterocycles. The first kappa shape index (κ1) is 34.8. The Kier molecular flexibility index (Phi) is 7.36. The van der Waals surface area contributed by atoms with Crippen molar-refractivity contribution in [2.75, 3.05) is 4.90 Å². The van der Waals surface area contributed by atoms with E-state index in [-0.39, 0.29) is 10.8 Å². The van der Waals surface area contributed by atoms with Gasteiger partial charge in [-0.2, -0.15) is 0 Å². The molecule has 0 N–H and O–H groups in total. The fourth-order valence-corrected chi connectivity index (χ4v) is 11.0. The zero-order chi connectivity index (χ0) is 40.3. The van der Waals surface area contributed by atoms with Crippen LogP contribution in [0.4, 0.5) is 17.1 Å². The first-order valence-electron chi connectivity index (χ1n) is 21.2. The van der Waals surface area contributed by atoms with Gasteiger partial charge in [0.15, 0.2) is 0 Å². The molecule has 10 aromatic rings. The van der Waals surface area contributed by atoms with Gasteiger partial charge in [-0.15, -0.1) is 0 Å². The number of hydrogen-bond donors (Lipinski definition) is 0. The van der Waals surface area contributed by atoms with Crippen LogP contribution in [0.5, 0.6) is 0 Å². The van der Waals surface area contributed by atoms with Gasteiger partial charge in [-0.3, -0.25) is 0 Å². The van der Waals surface area contributed by atoms with Crippen molar-refractivity contribution >= 4 is 49.6 Å². The molecular formula is C58H44N2. The number of hydrogen-bond acceptors (Lipinski definition) is 1. The minimum absolute atomic E-state index is 0.153. The molecule has 0 spiro atoms. The average Bonchev–Trinajstić information content (AvgIpc) is 3.84. The lowest BCUT2D eigenvalue weighted by molar-refractivity contribution is 0.660. The zero-order valence-electron chi connectivity index (χ0n) is 34.4. The molecule has 0 unspecified atom stereocenters. The van der Waals surface area contributed by atoms with Crippen molar-refractivity contribution in [3.05, 3.63) is 216 Å². The summed E-state index contributed by atoms with van der Waals surface area (Å²) in [4.78, 5) is 2.61. The lowest BCUT2D eigenvalue weighted by Crippen LogP contribution is -2.17. The Morgan fingerprint density at radius 1 is 0.350 bits per heavy atom. The third-order valence-corrected chi connectivity index (χ3v) is 13.8. The van der Waals surface area contributed by atoms with Crippen LogP contribution < -0.4 is 4.90 Å². The van der Waals surface area contributed by atoms with Gasteiger partial charge in [0.05, 0.1) is 28.1 Å². The summed E-state index contributed by atoms with van der Waals surface area (Å²) in [7, 11) is 0. The van der Waals surface area contributed by atoms with Gasteiger partial charge in [-0.25, -0.2) is 0 Å². The molecule has 0 radical (unpaired) electrons. The van der Waals surface area contributed by atoms with Crippen LogP contribution >= 0.6 is 0 Å². The first-order chi connectivity index (χ1) is 29.3. The van der Waals surface area contributed by atoms with Crippen LogP contribution in [-0.2, 0) is 10.8 Å². The summed E-state index contributed by atoms with van der Waals surface area (Å²) in [5, 5.41) is 4.97. The quantitative estimate of drug-likeness (QED) is 0.169. The third kappa shape index (κ3) is 4.76. The minimum Gasteiger partial charge on any atom is -0.309 e. The molecule has 1 heterocycles. The molecular weight excluding hydrogens is 725 g/mol. The summed E-state index contributed by atoms with van der Waals surface area (Å²) in [6.07, 6.45) is 0. The monoisotopic (exact) mass is 768 g/mol. The van der Waals surface area contributed by atoms with Crippen molar-refractivity contribution in [3.63, 3.8) is 0 Å². The second kappa shape index (κ2) is 12.7. The highest BCUT2D eigenvalue weighted by Crippen LogP contribution is 2.59. The van der Waals surface area contributed by atoms with E-state index in [0.29, 0.717) is 0 Å². The number of fused-ring (bicyclic) bond motifs is 10. The molecule has 0 atom stereocenters. The van der Waals surface area contributed by atoms with Gasteiger partial charge >= 0.3 is 0 Å². The molecule has 1 aromatic heterocycles. The fraction of sp³-hybridized carbons (Fsp3) is 0.103. The molecule has 2 heteroatoms. The first-order valence-corrected chi connectivity index (χ1v) is 21.2. The molecule has 0 amide bonds. The highest BCUT2D eigenvalue weighted by atomic mass is 15.2. The molecule has 0 saturated heterocycles. The van der Waals surface area contributed by atoms with Crippen LogP contribution in [0.25, 0.3) is 71.6 Å². The van der Waals surface area contributed by atoms with Gasteiger partial charge in [-0.05, 0) is 92.2 Å². The Balaban J connectivity index is 1.23. The maximum absolute atomic E-state index is 2.61. The SMILES string of the molecule is CC1(C)c2ccccc2-c2c(N(c3ccc(-n4c5ccccc5c5ccccc54)cc3-c3cccc4ccccc34)c3cccc4c3-c3ccccc3C4(C)C)cccc21. The molecule has 9 aromatic carbocycles. The van der Waals surface area contributed by atoms with Gasteiger partial charge in [0, 0.05) is 44.0 Å². The van der Waals surface area contributed by atoms with Crippen molar-refractivity contribution < 1.29 is 0 Å². The molecule has 0 fully saturated rings. The molecule has 60 heavy (non-hydrogen) atoms. The van der Waals surface area contributed by atoms with Crippen LogP contribution in [-0.4, -0.2) is 4.57 Å². The number of benzene rings is 9. The molecule has 2 aliphatic rings. The van der Waals surface area contributed by atoms with Crippen molar-refractivity contribution in [1.82, 2.24) is 4.57 Å². The smallest absolute Gasteiger partial charge is 0.0543 e. The molecule has 0 saturated carbocycles. The highest BCUT2D eigenvalue weighted by Gasteiger charge is 2.41. The Morgan fingerprint density at radius 2 is 0.800 bits per heavy atom. The van der Waals surface area contributed by atoms with E-state index in [0.717, 1.165) is 11.4 Å². The molecule has 12 rings (SSSR count). The number of anilines is 3. The second-order valence-corrected chi connectivity index (χ2v) is 17.7. The maximum atomic E-state index is 2.61. The molecule has 0 bridgehead atoms. The van der Waals surface area contributed by atoms with E-state index in [1.807, 2.05) is 0 Å². The zero-order valence-corrected chi connectivity index (χ0v) is 34.4. The van der Waals surface area contributed by atoms with Crippen molar-refractivity contribution in [2.24, 2.45) is 0 Å². The summed E-state index contributed by atoms with van der Waals surface area (Å²) in [5.74, 6) is 0. The van der Waals surface area contributed by atoms with Crippen molar-refractivity contribution in [2.45, 2.75) is 38.5 Å². The predicted octanol–water partition coefficient (Wildman–Crippen LogP) is 15.7. The summed E-state index contributed by atoms with van der Waals surface area (Å²) in [6.45, 7) is 9.53. The van der Waals surface area contributed by atoms with E-state index in [9.17, 15) is 0 Å². The average molecular weight is 769 g/mol. The molecule has 286 valence electrons. The third-order valence-electron chi connectivity index (χ3n) is 13.8. The maximum Gasteiger partial charge on any atom is 0.0543 e. The van der Waals surface area contributed by atoms with Crippen LogP contribution in [0.15, 0.2) is 194 Å². The lowest BCUT2D eigenvalue weighted by Gasteiger charge is -2.33. The Hall–Kier alpha value is -7.16. The molecule has 2 nitrogen and oxygen atoms in total. The van der Waals surface area contributed by atoms with E-state index in [4.69, 9.17) is 0 Å². The Labute approximate surface area is 351 Å². The van der Waals surface area contributed by atoms with Crippen molar-refractivity contribution in [1.29, 1.82) is 0 Å². The van der Waals surface area contributed by atoms with Gasteiger partial charge in [0.1, 0.15) is 0 Å². The van der Waals surface area contributed by atoms with E-state index in [2.05, 4.69) is 231 Å². The van der Waals surface area contributed by atoms with Crippen LogP contribution in [0.2, 0.25) is 0 Å².